The Hall–Kier alpha value is -0.870. The van der Waals surface area contributed by atoms with E-state index in [2.05, 4.69) is 4.74 Å². The van der Waals surface area contributed by atoms with Crippen molar-refractivity contribution in [2.75, 3.05) is 6.54 Å². The van der Waals surface area contributed by atoms with Crippen LogP contribution in [0.25, 0.3) is 0 Å². The molecule has 106 valence electrons. The molecule has 0 saturated heterocycles. The fourth-order valence-corrected chi connectivity index (χ4v) is 3.10. The minimum Gasteiger partial charge on any atom is -0.435 e. The van der Waals surface area contributed by atoms with E-state index in [1.807, 2.05) is 0 Å². The maximum Gasteiger partial charge on any atom is 0.387 e. The second-order valence-corrected chi connectivity index (χ2v) is 5.50. The summed E-state index contributed by atoms with van der Waals surface area (Å²) in [6.07, 6.45) is 5.05. The average Bonchev–Trinajstić information content (AvgIpc) is 2.41. The molecule has 2 N–H and O–H groups in total. The Balaban J connectivity index is 2.42. The molecule has 0 aromatic heterocycles. The normalized spacial score (nSPS) is 18.6. The number of rotatable bonds is 4. The molecule has 2 nitrogen and oxygen atoms in total. The Labute approximate surface area is 116 Å². The first-order chi connectivity index (χ1) is 9.07. The summed E-state index contributed by atoms with van der Waals surface area (Å²) < 4.78 is 29.7. The van der Waals surface area contributed by atoms with Gasteiger partial charge in [-0.3, -0.25) is 0 Å². The fraction of sp³-hybridized carbons (Fsp3) is 0.571. The Bertz CT molecular complexity index is 433. The summed E-state index contributed by atoms with van der Waals surface area (Å²) in [4.78, 5) is 0. The zero-order valence-electron chi connectivity index (χ0n) is 10.7. The molecule has 0 atom stereocenters. The monoisotopic (exact) mass is 289 g/mol. The third kappa shape index (κ3) is 3.18. The minimum atomic E-state index is -2.83. The molecule has 5 heteroatoms. The van der Waals surface area contributed by atoms with Crippen LogP contribution in [0.5, 0.6) is 5.75 Å². The molecule has 1 fully saturated rings. The molecule has 1 aromatic carbocycles. The lowest BCUT2D eigenvalue weighted by Gasteiger charge is -2.37. The van der Waals surface area contributed by atoms with Crippen LogP contribution in [0, 0.1) is 0 Å². The van der Waals surface area contributed by atoms with Crippen LogP contribution in [0.2, 0.25) is 5.02 Å². The number of hydrogen-bond acceptors (Lipinski definition) is 2. The van der Waals surface area contributed by atoms with E-state index in [1.165, 1.54) is 6.07 Å². The lowest BCUT2D eigenvalue weighted by Crippen LogP contribution is -2.37. The number of alkyl halides is 2. The highest BCUT2D eigenvalue weighted by Crippen LogP contribution is 2.43. The summed E-state index contributed by atoms with van der Waals surface area (Å²) >= 11 is 6.01. The Morgan fingerprint density at radius 1 is 1.26 bits per heavy atom. The van der Waals surface area contributed by atoms with Crippen LogP contribution in [0.1, 0.15) is 37.7 Å². The largest absolute Gasteiger partial charge is 0.435 e. The van der Waals surface area contributed by atoms with Gasteiger partial charge in [0.2, 0.25) is 0 Å². The molecule has 19 heavy (non-hydrogen) atoms. The van der Waals surface area contributed by atoms with Gasteiger partial charge in [-0.25, -0.2) is 0 Å². The van der Waals surface area contributed by atoms with E-state index in [1.54, 1.807) is 12.1 Å². The van der Waals surface area contributed by atoms with Gasteiger partial charge in [0.05, 0.1) is 0 Å². The summed E-state index contributed by atoms with van der Waals surface area (Å²) in [5.74, 6) is 0.201. The van der Waals surface area contributed by atoms with Crippen molar-refractivity contribution in [1.29, 1.82) is 0 Å². The third-order valence-electron chi connectivity index (χ3n) is 3.93. The van der Waals surface area contributed by atoms with Crippen molar-refractivity contribution >= 4 is 11.6 Å². The lowest BCUT2D eigenvalue weighted by atomic mass is 9.69. The van der Waals surface area contributed by atoms with E-state index < -0.39 is 6.61 Å². The summed E-state index contributed by atoms with van der Waals surface area (Å²) in [5, 5.41) is 0.523. The van der Waals surface area contributed by atoms with Gasteiger partial charge in [0, 0.05) is 22.5 Å². The number of ether oxygens (including phenoxy) is 1. The number of halogens is 3. The molecule has 1 aliphatic carbocycles. The molecule has 0 amide bonds. The van der Waals surface area contributed by atoms with E-state index in [9.17, 15) is 8.78 Å². The smallest absolute Gasteiger partial charge is 0.387 e. The van der Waals surface area contributed by atoms with Gasteiger partial charge in [0.15, 0.2) is 0 Å². The van der Waals surface area contributed by atoms with Gasteiger partial charge in [-0.05, 0) is 31.0 Å². The van der Waals surface area contributed by atoms with E-state index >= 15 is 0 Å². The van der Waals surface area contributed by atoms with Crippen molar-refractivity contribution in [3.63, 3.8) is 0 Å². The molecule has 2 rings (SSSR count). The van der Waals surface area contributed by atoms with E-state index in [4.69, 9.17) is 17.3 Å². The van der Waals surface area contributed by atoms with Gasteiger partial charge in [-0.2, -0.15) is 8.78 Å². The van der Waals surface area contributed by atoms with Gasteiger partial charge in [0.25, 0.3) is 0 Å². The molecule has 1 aromatic rings. The van der Waals surface area contributed by atoms with Crippen LogP contribution >= 0.6 is 11.6 Å². The zero-order valence-corrected chi connectivity index (χ0v) is 11.4. The van der Waals surface area contributed by atoms with Crippen molar-refractivity contribution in [3.8, 4) is 5.75 Å². The van der Waals surface area contributed by atoms with E-state index in [-0.39, 0.29) is 11.2 Å². The van der Waals surface area contributed by atoms with Crippen molar-refractivity contribution in [2.24, 2.45) is 5.73 Å². The second-order valence-electron chi connectivity index (χ2n) is 5.06. The Kier molecular flexibility index (Phi) is 4.63. The SMILES string of the molecule is NCC1(c2cc(Cl)ccc2OC(F)F)CCCCC1. The molecular formula is C14H18ClF2NO. The molecule has 0 bridgehead atoms. The number of nitrogens with two attached hydrogens (primary N) is 1. The highest BCUT2D eigenvalue weighted by atomic mass is 35.5. The second kappa shape index (κ2) is 6.06. The van der Waals surface area contributed by atoms with Crippen LogP contribution in [-0.4, -0.2) is 13.2 Å². The average molecular weight is 290 g/mol. The first-order valence-electron chi connectivity index (χ1n) is 6.52. The van der Waals surface area contributed by atoms with Crippen molar-refractivity contribution in [1.82, 2.24) is 0 Å². The van der Waals surface area contributed by atoms with Crippen LogP contribution in [0.3, 0.4) is 0 Å². The van der Waals surface area contributed by atoms with Crippen LogP contribution in [-0.2, 0) is 5.41 Å². The Morgan fingerprint density at radius 3 is 2.53 bits per heavy atom. The van der Waals surface area contributed by atoms with Crippen molar-refractivity contribution in [3.05, 3.63) is 28.8 Å². The predicted octanol–water partition coefficient (Wildman–Crippen LogP) is 4.10. The quantitative estimate of drug-likeness (QED) is 0.905. The summed E-state index contributed by atoms with van der Waals surface area (Å²) in [6, 6.07) is 4.79. The third-order valence-corrected chi connectivity index (χ3v) is 4.17. The molecular weight excluding hydrogens is 272 g/mol. The standard InChI is InChI=1S/C14H18ClF2NO/c15-10-4-5-12(19-13(16)17)11(8-10)14(9-18)6-2-1-3-7-14/h4-5,8,13H,1-3,6-7,9,18H2. The molecule has 0 spiro atoms. The number of benzene rings is 1. The van der Waals surface area contributed by atoms with Gasteiger partial charge in [-0.15, -0.1) is 0 Å². The topological polar surface area (TPSA) is 35.2 Å². The zero-order chi connectivity index (χ0) is 13.9. The number of hydrogen-bond donors (Lipinski definition) is 1. The molecule has 0 aliphatic heterocycles. The molecule has 0 heterocycles. The maximum atomic E-state index is 12.5. The summed E-state index contributed by atoms with van der Waals surface area (Å²) in [6.45, 7) is -2.41. The van der Waals surface area contributed by atoms with Crippen molar-refractivity contribution in [2.45, 2.75) is 44.1 Å². The van der Waals surface area contributed by atoms with Crippen molar-refractivity contribution < 1.29 is 13.5 Å². The fourth-order valence-electron chi connectivity index (χ4n) is 2.93. The summed E-state index contributed by atoms with van der Waals surface area (Å²) in [7, 11) is 0. The molecule has 1 saturated carbocycles. The van der Waals surface area contributed by atoms with E-state index in [0.29, 0.717) is 11.6 Å². The van der Waals surface area contributed by atoms with Crippen LogP contribution < -0.4 is 10.5 Å². The van der Waals surface area contributed by atoms with Crippen LogP contribution in [0.4, 0.5) is 8.78 Å². The lowest BCUT2D eigenvalue weighted by molar-refractivity contribution is -0.0512. The predicted molar refractivity (Wildman–Crippen MR) is 71.9 cm³/mol. The highest BCUT2D eigenvalue weighted by Gasteiger charge is 2.35. The highest BCUT2D eigenvalue weighted by molar-refractivity contribution is 6.30. The first-order valence-corrected chi connectivity index (χ1v) is 6.90. The maximum absolute atomic E-state index is 12.5. The first kappa shape index (κ1) is 14.5. The Morgan fingerprint density at radius 2 is 1.95 bits per heavy atom. The molecule has 1 aliphatic rings. The summed E-state index contributed by atoms with van der Waals surface area (Å²) in [5.41, 5.74) is 6.37. The molecule has 0 unspecified atom stereocenters. The van der Waals surface area contributed by atoms with Gasteiger partial charge in [0.1, 0.15) is 5.75 Å². The van der Waals surface area contributed by atoms with Crippen LogP contribution in [0.15, 0.2) is 18.2 Å². The van der Waals surface area contributed by atoms with Gasteiger partial charge < -0.3 is 10.5 Å². The van der Waals surface area contributed by atoms with Gasteiger partial charge >= 0.3 is 6.61 Å². The van der Waals surface area contributed by atoms with E-state index in [0.717, 1.165) is 37.7 Å². The molecule has 0 radical (unpaired) electrons. The van der Waals surface area contributed by atoms with Gasteiger partial charge in [-0.1, -0.05) is 30.9 Å². The minimum absolute atomic E-state index is 0.201.